The fraction of sp³-hybridized carbons (Fsp3) is 0.462. The normalized spacial score (nSPS) is 21.3. The van der Waals surface area contributed by atoms with Gasteiger partial charge in [-0.25, -0.2) is 14.8 Å². The van der Waals surface area contributed by atoms with Crippen LogP contribution in [-0.2, 0) is 28.2 Å². The number of nitrogens with one attached hydrogen (secondary N) is 2. The highest BCUT2D eigenvalue weighted by Gasteiger charge is 2.41. The van der Waals surface area contributed by atoms with Gasteiger partial charge >= 0.3 is 6.03 Å². The number of fused-ring (bicyclic) bond motifs is 1. The molecule has 2 aliphatic heterocycles. The van der Waals surface area contributed by atoms with Crippen molar-refractivity contribution in [1.82, 2.24) is 25.1 Å². The van der Waals surface area contributed by atoms with E-state index in [1.807, 2.05) is 48.1 Å². The van der Waals surface area contributed by atoms with E-state index in [2.05, 4.69) is 34.5 Å². The maximum absolute atomic E-state index is 11.9. The number of aromatic nitrogens is 4. The summed E-state index contributed by atoms with van der Waals surface area (Å²) in [5, 5.41) is 9.91. The molecule has 3 aromatic rings. The van der Waals surface area contributed by atoms with E-state index >= 15 is 0 Å². The van der Waals surface area contributed by atoms with E-state index < -0.39 is 5.60 Å². The fourth-order valence-corrected chi connectivity index (χ4v) is 4.74. The molecule has 2 aliphatic rings. The monoisotopic (exact) mass is 491 g/mol. The van der Waals surface area contributed by atoms with Crippen molar-refractivity contribution >= 4 is 17.5 Å². The van der Waals surface area contributed by atoms with Crippen LogP contribution in [0.5, 0.6) is 0 Å². The molecule has 0 bridgehead atoms. The minimum Gasteiger partial charge on any atom is -0.377 e. The predicted molar refractivity (Wildman–Crippen MR) is 137 cm³/mol. The van der Waals surface area contributed by atoms with E-state index in [4.69, 9.17) is 19.4 Å². The molecule has 2 aromatic heterocycles. The molecule has 10 nitrogen and oxygen atoms in total. The summed E-state index contributed by atoms with van der Waals surface area (Å²) in [7, 11) is 0. The summed E-state index contributed by atoms with van der Waals surface area (Å²) in [5.74, 6) is 1.56. The van der Waals surface area contributed by atoms with Crippen LogP contribution < -0.4 is 15.5 Å². The van der Waals surface area contributed by atoms with Gasteiger partial charge in [0.05, 0.1) is 31.6 Å². The Morgan fingerprint density at radius 2 is 2.08 bits per heavy atom. The van der Waals surface area contributed by atoms with Gasteiger partial charge in [0.1, 0.15) is 11.4 Å². The molecule has 2 unspecified atom stereocenters. The van der Waals surface area contributed by atoms with Crippen molar-refractivity contribution in [3.05, 3.63) is 54.0 Å². The summed E-state index contributed by atoms with van der Waals surface area (Å²) in [6.07, 6.45) is 4.49. The second kappa shape index (κ2) is 10.2. The van der Waals surface area contributed by atoms with Crippen molar-refractivity contribution in [2.24, 2.45) is 0 Å². The van der Waals surface area contributed by atoms with Gasteiger partial charge in [-0.15, -0.1) is 0 Å². The van der Waals surface area contributed by atoms with E-state index in [-0.39, 0.29) is 12.1 Å². The Balaban J connectivity index is 1.50. The molecular formula is C26H33N7O3. The first-order valence-corrected chi connectivity index (χ1v) is 12.5. The van der Waals surface area contributed by atoms with E-state index in [9.17, 15) is 4.79 Å². The van der Waals surface area contributed by atoms with Crippen molar-refractivity contribution in [2.45, 2.75) is 52.0 Å². The number of nitrogens with zero attached hydrogens (tertiary/aromatic N) is 5. The van der Waals surface area contributed by atoms with Crippen LogP contribution in [0.25, 0.3) is 11.4 Å². The Kier molecular flexibility index (Phi) is 6.88. The standard InChI is InChI=1S/C26H33N7O3/c1-4-27-25(34)29-20-8-6-19(7-9-20)23-30-22-21(24(31-23)33-14-15-35-16-18(33)2)17-36-26(22,3)10-13-32-12-5-11-28-32/h5-9,11-12,18H,4,10,13-17H2,1-3H3,(H2,27,29,34). The number of benzene rings is 1. The van der Waals surface area contributed by atoms with Gasteiger partial charge in [0.2, 0.25) is 0 Å². The SMILES string of the molecule is CCNC(=O)Nc1ccc(-c2nc(N3CCOCC3C)c3c(n2)C(C)(CCn2cccn2)OC3)cc1. The minimum absolute atomic E-state index is 0.199. The van der Waals surface area contributed by atoms with Crippen LogP contribution in [0.3, 0.4) is 0 Å². The molecule has 2 atom stereocenters. The third-order valence-electron chi connectivity index (χ3n) is 6.78. The molecule has 0 aliphatic carbocycles. The molecule has 0 saturated carbocycles. The Morgan fingerprint density at radius 1 is 1.25 bits per heavy atom. The summed E-state index contributed by atoms with van der Waals surface area (Å²) in [5.41, 5.74) is 3.01. The average molecular weight is 492 g/mol. The second-order valence-corrected chi connectivity index (χ2v) is 9.42. The van der Waals surface area contributed by atoms with E-state index in [0.29, 0.717) is 37.9 Å². The molecule has 190 valence electrons. The lowest BCUT2D eigenvalue weighted by atomic mass is 9.95. The van der Waals surface area contributed by atoms with Gasteiger partial charge in [0.25, 0.3) is 0 Å². The number of hydrogen-bond acceptors (Lipinski definition) is 7. The number of ether oxygens (including phenoxy) is 2. The van der Waals surface area contributed by atoms with Crippen molar-refractivity contribution in [1.29, 1.82) is 0 Å². The minimum atomic E-state index is -0.553. The molecule has 5 rings (SSSR count). The summed E-state index contributed by atoms with van der Waals surface area (Å²) in [4.78, 5) is 24.3. The number of carbonyl (C=O) groups excluding carboxylic acids is 1. The lowest BCUT2D eigenvalue weighted by molar-refractivity contribution is -0.0350. The smallest absolute Gasteiger partial charge is 0.319 e. The largest absolute Gasteiger partial charge is 0.377 e. The van der Waals surface area contributed by atoms with E-state index in [1.54, 1.807) is 6.20 Å². The quantitative estimate of drug-likeness (QED) is 0.521. The average Bonchev–Trinajstić information content (AvgIpc) is 3.52. The van der Waals surface area contributed by atoms with Crippen LogP contribution in [0.1, 0.15) is 38.4 Å². The van der Waals surface area contributed by atoms with Crippen LogP contribution in [0.4, 0.5) is 16.3 Å². The lowest BCUT2D eigenvalue weighted by Gasteiger charge is -2.35. The summed E-state index contributed by atoms with van der Waals surface area (Å²) in [6.45, 7) is 9.99. The van der Waals surface area contributed by atoms with Crippen LogP contribution in [-0.4, -0.2) is 58.1 Å². The van der Waals surface area contributed by atoms with Gasteiger partial charge in [-0.2, -0.15) is 5.10 Å². The van der Waals surface area contributed by atoms with Crippen molar-refractivity contribution < 1.29 is 14.3 Å². The van der Waals surface area contributed by atoms with Crippen LogP contribution >= 0.6 is 0 Å². The highest BCUT2D eigenvalue weighted by Crippen LogP contribution is 2.43. The number of urea groups is 1. The summed E-state index contributed by atoms with van der Waals surface area (Å²) < 4.78 is 14.0. The maximum atomic E-state index is 11.9. The Labute approximate surface area is 211 Å². The molecule has 2 amide bonds. The van der Waals surface area contributed by atoms with Gasteiger partial charge in [0.15, 0.2) is 5.82 Å². The number of hydrogen-bond donors (Lipinski definition) is 2. The number of amides is 2. The van der Waals surface area contributed by atoms with Crippen molar-refractivity contribution in [2.75, 3.05) is 36.5 Å². The van der Waals surface area contributed by atoms with Crippen LogP contribution in [0, 0.1) is 0 Å². The summed E-state index contributed by atoms with van der Waals surface area (Å²) in [6, 6.07) is 9.50. The van der Waals surface area contributed by atoms with Crippen LogP contribution in [0.2, 0.25) is 0 Å². The number of carbonyl (C=O) groups is 1. The molecule has 10 heteroatoms. The first-order chi connectivity index (χ1) is 17.5. The molecular weight excluding hydrogens is 458 g/mol. The van der Waals surface area contributed by atoms with Crippen LogP contribution in [0.15, 0.2) is 42.7 Å². The lowest BCUT2D eigenvalue weighted by Crippen LogP contribution is -2.44. The van der Waals surface area contributed by atoms with Gasteiger partial charge in [-0.1, -0.05) is 0 Å². The molecule has 0 spiro atoms. The van der Waals surface area contributed by atoms with Gasteiger partial charge in [0, 0.05) is 55.3 Å². The predicted octanol–water partition coefficient (Wildman–Crippen LogP) is 3.54. The molecule has 1 fully saturated rings. The molecule has 4 heterocycles. The molecule has 1 saturated heterocycles. The number of anilines is 2. The molecule has 2 N–H and O–H groups in total. The summed E-state index contributed by atoms with van der Waals surface area (Å²) >= 11 is 0. The molecule has 1 aromatic carbocycles. The van der Waals surface area contributed by atoms with Gasteiger partial charge in [-0.05, 0) is 51.1 Å². The molecule has 36 heavy (non-hydrogen) atoms. The Hall–Kier alpha value is -3.50. The fourth-order valence-electron chi connectivity index (χ4n) is 4.74. The zero-order chi connectivity index (χ0) is 25.1. The number of morpholine rings is 1. The first kappa shape index (κ1) is 24.2. The van der Waals surface area contributed by atoms with Gasteiger partial charge in [-0.3, -0.25) is 4.68 Å². The number of aryl methyl sites for hydroxylation is 1. The van der Waals surface area contributed by atoms with Crippen molar-refractivity contribution in [3.8, 4) is 11.4 Å². The Bertz CT molecular complexity index is 1200. The third kappa shape index (κ3) is 4.91. The maximum Gasteiger partial charge on any atom is 0.319 e. The first-order valence-electron chi connectivity index (χ1n) is 12.5. The third-order valence-corrected chi connectivity index (χ3v) is 6.78. The second-order valence-electron chi connectivity index (χ2n) is 9.42. The highest BCUT2D eigenvalue weighted by molar-refractivity contribution is 5.89. The molecule has 0 radical (unpaired) electrons. The highest BCUT2D eigenvalue weighted by atomic mass is 16.5. The number of rotatable bonds is 7. The van der Waals surface area contributed by atoms with Crippen molar-refractivity contribution in [3.63, 3.8) is 0 Å². The Morgan fingerprint density at radius 3 is 2.81 bits per heavy atom. The van der Waals surface area contributed by atoms with E-state index in [1.165, 1.54) is 0 Å². The topological polar surface area (TPSA) is 106 Å². The zero-order valence-electron chi connectivity index (χ0n) is 21.0. The van der Waals surface area contributed by atoms with E-state index in [0.717, 1.165) is 42.1 Å². The zero-order valence-corrected chi connectivity index (χ0v) is 21.0. The van der Waals surface area contributed by atoms with Gasteiger partial charge < -0.3 is 25.0 Å².